The van der Waals surface area contributed by atoms with Gasteiger partial charge in [0.05, 0.1) is 53.8 Å². The number of methoxy groups -OCH3 is 1. The molecule has 1 atom stereocenters. The van der Waals surface area contributed by atoms with Crippen molar-refractivity contribution in [1.82, 2.24) is 29.7 Å². The van der Waals surface area contributed by atoms with Crippen LogP contribution in [0.5, 0.6) is 0 Å². The van der Waals surface area contributed by atoms with E-state index in [0.29, 0.717) is 43.4 Å². The zero-order valence-electron chi connectivity index (χ0n) is 23.3. The van der Waals surface area contributed by atoms with Crippen LogP contribution in [0.1, 0.15) is 21.6 Å². The molecule has 1 amide bonds. The Morgan fingerprint density at radius 1 is 1.23 bits per heavy atom. The van der Waals surface area contributed by atoms with Crippen molar-refractivity contribution in [3.63, 3.8) is 0 Å². The SMILES string of the molecule is COC[C@@H]1CN(c2ccc(Nc3cnc(-c4ccnc5c4ccn5C)c4c3C(=O)NC4)nc2CN(C)C)CCO1. The zero-order chi connectivity index (χ0) is 27.8. The first kappa shape index (κ1) is 26.2. The Balaban J connectivity index is 1.34. The molecule has 0 saturated carbocycles. The lowest BCUT2D eigenvalue weighted by molar-refractivity contribution is -0.0101. The van der Waals surface area contributed by atoms with Gasteiger partial charge >= 0.3 is 0 Å². The van der Waals surface area contributed by atoms with Crippen molar-refractivity contribution in [2.75, 3.05) is 57.7 Å². The summed E-state index contributed by atoms with van der Waals surface area (Å²) < 4.78 is 13.2. The van der Waals surface area contributed by atoms with Crippen LogP contribution < -0.4 is 15.5 Å². The molecule has 0 bridgehead atoms. The van der Waals surface area contributed by atoms with Crippen LogP contribution in [0.15, 0.2) is 42.9 Å². The van der Waals surface area contributed by atoms with Crippen LogP contribution >= 0.6 is 0 Å². The number of aryl methyl sites for hydroxylation is 1. The molecule has 1 saturated heterocycles. The molecule has 0 aliphatic carbocycles. The fourth-order valence-electron chi connectivity index (χ4n) is 5.57. The van der Waals surface area contributed by atoms with E-state index < -0.39 is 0 Å². The molecule has 0 radical (unpaired) electrons. The molecule has 208 valence electrons. The largest absolute Gasteiger partial charge is 0.382 e. The van der Waals surface area contributed by atoms with E-state index in [-0.39, 0.29) is 12.0 Å². The van der Waals surface area contributed by atoms with Gasteiger partial charge in [0.15, 0.2) is 0 Å². The smallest absolute Gasteiger partial charge is 0.254 e. The maximum atomic E-state index is 13.0. The Bertz CT molecular complexity index is 1560. The second-order valence-electron chi connectivity index (χ2n) is 10.5. The minimum absolute atomic E-state index is 0.0203. The van der Waals surface area contributed by atoms with Crippen LogP contribution in [-0.4, -0.2) is 83.9 Å². The van der Waals surface area contributed by atoms with Gasteiger partial charge in [-0.1, -0.05) is 0 Å². The zero-order valence-corrected chi connectivity index (χ0v) is 23.3. The van der Waals surface area contributed by atoms with Gasteiger partial charge in [-0.2, -0.15) is 0 Å². The average Bonchev–Trinajstić information content (AvgIpc) is 3.52. The predicted octanol–water partition coefficient (Wildman–Crippen LogP) is 2.93. The van der Waals surface area contributed by atoms with Gasteiger partial charge in [0.1, 0.15) is 11.5 Å². The first-order chi connectivity index (χ1) is 19.4. The van der Waals surface area contributed by atoms with Gasteiger partial charge < -0.3 is 34.5 Å². The minimum atomic E-state index is -0.123. The maximum absolute atomic E-state index is 13.0. The molecule has 4 aromatic rings. The van der Waals surface area contributed by atoms with Gasteiger partial charge in [-0.05, 0) is 38.4 Å². The lowest BCUT2D eigenvalue weighted by Gasteiger charge is -2.35. The second kappa shape index (κ2) is 10.8. The van der Waals surface area contributed by atoms with Gasteiger partial charge in [-0.15, -0.1) is 0 Å². The Morgan fingerprint density at radius 2 is 2.10 bits per heavy atom. The van der Waals surface area contributed by atoms with E-state index >= 15 is 0 Å². The number of rotatable bonds is 8. The van der Waals surface area contributed by atoms with E-state index in [9.17, 15) is 4.79 Å². The molecule has 6 rings (SSSR count). The molecule has 2 N–H and O–H groups in total. The minimum Gasteiger partial charge on any atom is -0.382 e. The summed E-state index contributed by atoms with van der Waals surface area (Å²) in [6, 6.07) is 8.04. The number of amides is 1. The normalized spacial score (nSPS) is 17.0. The number of anilines is 3. The van der Waals surface area contributed by atoms with E-state index in [1.807, 2.05) is 50.1 Å². The summed E-state index contributed by atoms with van der Waals surface area (Å²) in [5.41, 5.74) is 6.74. The highest BCUT2D eigenvalue weighted by Gasteiger charge is 2.29. The first-order valence-electron chi connectivity index (χ1n) is 13.4. The second-order valence-corrected chi connectivity index (χ2v) is 10.5. The molecule has 1 fully saturated rings. The molecule has 0 spiro atoms. The molecule has 0 aromatic carbocycles. The van der Waals surface area contributed by atoms with Crippen molar-refractivity contribution < 1.29 is 14.3 Å². The van der Waals surface area contributed by atoms with Crippen molar-refractivity contribution in [3.05, 3.63) is 59.7 Å². The molecule has 4 aromatic heterocycles. The number of carbonyl (C=O) groups excluding carboxylic acids is 1. The lowest BCUT2D eigenvalue weighted by atomic mass is 10.0. The Labute approximate surface area is 233 Å². The molecule has 11 nitrogen and oxygen atoms in total. The quantitative estimate of drug-likeness (QED) is 0.347. The lowest BCUT2D eigenvalue weighted by Crippen LogP contribution is -2.45. The number of hydrogen-bond donors (Lipinski definition) is 2. The predicted molar refractivity (Wildman–Crippen MR) is 154 cm³/mol. The highest BCUT2D eigenvalue weighted by atomic mass is 16.5. The summed E-state index contributed by atoms with van der Waals surface area (Å²) in [7, 11) is 7.72. The Kier molecular flexibility index (Phi) is 7.09. The third-order valence-electron chi connectivity index (χ3n) is 7.37. The van der Waals surface area contributed by atoms with E-state index in [2.05, 4.69) is 31.5 Å². The van der Waals surface area contributed by atoms with Crippen LogP contribution in [0.3, 0.4) is 0 Å². The van der Waals surface area contributed by atoms with E-state index in [4.69, 9.17) is 19.4 Å². The molecule has 6 heterocycles. The summed E-state index contributed by atoms with van der Waals surface area (Å²) in [6.07, 6.45) is 5.51. The van der Waals surface area contributed by atoms with Crippen molar-refractivity contribution in [3.8, 4) is 11.3 Å². The average molecular weight is 543 g/mol. The van der Waals surface area contributed by atoms with Crippen molar-refractivity contribution in [1.29, 1.82) is 0 Å². The molecular weight excluding hydrogens is 508 g/mol. The fraction of sp³-hybridized carbons (Fsp3) is 0.379. The van der Waals surface area contributed by atoms with E-state index in [1.165, 1.54) is 0 Å². The van der Waals surface area contributed by atoms with Crippen molar-refractivity contribution in [2.45, 2.75) is 19.2 Å². The number of hydrogen-bond acceptors (Lipinski definition) is 9. The summed E-state index contributed by atoms with van der Waals surface area (Å²) in [5, 5.41) is 7.38. The number of nitrogens with one attached hydrogen (secondary N) is 2. The van der Waals surface area contributed by atoms with Crippen LogP contribution in [0, 0.1) is 0 Å². The van der Waals surface area contributed by atoms with Crippen LogP contribution in [0.25, 0.3) is 22.3 Å². The van der Waals surface area contributed by atoms with E-state index in [1.54, 1.807) is 19.5 Å². The number of morpholine rings is 1. The van der Waals surface area contributed by atoms with Gasteiger partial charge in [0.25, 0.3) is 5.91 Å². The maximum Gasteiger partial charge on any atom is 0.254 e. The summed E-state index contributed by atoms with van der Waals surface area (Å²) in [5.74, 6) is 0.537. The number of carbonyl (C=O) groups is 1. The number of fused-ring (bicyclic) bond motifs is 2. The molecule has 2 aliphatic heterocycles. The van der Waals surface area contributed by atoms with Crippen molar-refractivity contribution >= 4 is 34.1 Å². The molecular formula is C29H34N8O3. The standard InChI is InChI=1S/C29H34N8O3/c1-35(2)16-23-24(37-11-12-40-18(15-37)17-39-4)5-6-25(34-23)33-22-14-31-27(21-13-32-29(38)26(21)22)19-7-9-30-28-20(19)8-10-36(28)3/h5-10,14,18H,11-13,15-17H2,1-4H3,(H,32,38)(H,33,34)/t18-/m0/s1. The van der Waals surface area contributed by atoms with Crippen LogP contribution in [-0.2, 0) is 29.6 Å². The summed E-state index contributed by atoms with van der Waals surface area (Å²) in [4.78, 5) is 31.8. The number of ether oxygens (including phenoxy) is 2. The van der Waals surface area contributed by atoms with Gasteiger partial charge in [-0.25, -0.2) is 9.97 Å². The highest BCUT2D eigenvalue weighted by Crippen LogP contribution is 2.36. The topological polar surface area (TPSA) is 110 Å². The highest BCUT2D eigenvalue weighted by molar-refractivity contribution is 6.06. The third kappa shape index (κ3) is 4.87. The molecule has 2 aliphatic rings. The third-order valence-corrected chi connectivity index (χ3v) is 7.37. The number of pyridine rings is 3. The van der Waals surface area contributed by atoms with E-state index in [0.717, 1.165) is 52.3 Å². The van der Waals surface area contributed by atoms with Gasteiger partial charge in [0, 0.05) is 69.2 Å². The van der Waals surface area contributed by atoms with Gasteiger partial charge in [-0.3, -0.25) is 9.78 Å². The number of nitrogens with zero attached hydrogens (tertiary/aromatic N) is 6. The summed E-state index contributed by atoms with van der Waals surface area (Å²) >= 11 is 0. The first-order valence-corrected chi connectivity index (χ1v) is 13.4. The summed E-state index contributed by atoms with van der Waals surface area (Å²) in [6.45, 7) is 3.81. The van der Waals surface area contributed by atoms with Crippen molar-refractivity contribution in [2.24, 2.45) is 7.05 Å². The monoisotopic (exact) mass is 542 g/mol. The van der Waals surface area contributed by atoms with Crippen LogP contribution in [0.4, 0.5) is 17.2 Å². The fourth-order valence-corrected chi connectivity index (χ4v) is 5.57. The molecule has 11 heteroatoms. The Morgan fingerprint density at radius 3 is 2.92 bits per heavy atom. The van der Waals surface area contributed by atoms with Crippen LogP contribution in [0.2, 0.25) is 0 Å². The Hall–Kier alpha value is -4.06. The molecule has 0 unspecified atom stereocenters. The van der Waals surface area contributed by atoms with Gasteiger partial charge in [0.2, 0.25) is 0 Å². The molecule has 40 heavy (non-hydrogen) atoms. The number of aromatic nitrogens is 4.